The molecule has 0 aliphatic rings. The van der Waals surface area contributed by atoms with Gasteiger partial charge in [-0.25, -0.2) is 4.98 Å². The minimum absolute atomic E-state index is 0.0849. The zero-order valence-electron chi connectivity index (χ0n) is 10.8. The Bertz CT molecular complexity index is 604. The largest absolute Gasteiger partial charge is 0.505 e. The molecule has 0 amide bonds. The van der Waals surface area contributed by atoms with Crippen LogP contribution < -0.4 is 0 Å². The number of aromatic nitrogens is 1. The molecule has 0 aliphatic carbocycles. The van der Waals surface area contributed by atoms with Crippen LogP contribution in [0.25, 0.3) is 16.3 Å². The Morgan fingerprint density at radius 2 is 1.95 bits per heavy atom. The van der Waals surface area contributed by atoms with Crippen molar-refractivity contribution in [2.45, 2.75) is 32.6 Å². The fourth-order valence-corrected chi connectivity index (χ4v) is 2.66. The Morgan fingerprint density at radius 3 is 2.68 bits per heavy atom. The van der Waals surface area contributed by atoms with Crippen molar-refractivity contribution in [3.05, 3.63) is 17.2 Å². The molecular formula is C14H17NO3S. The molecule has 0 aliphatic heterocycles. The van der Waals surface area contributed by atoms with Crippen molar-refractivity contribution < 1.29 is 15.3 Å². The first kappa shape index (κ1) is 13.7. The number of thiazole rings is 1. The number of hydrogen-bond donors (Lipinski definition) is 3. The van der Waals surface area contributed by atoms with E-state index >= 15 is 0 Å². The number of benzene rings is 1. The molecule has 2 rings (SSSR count). The lowest BCUT2D eigenvalue weighted by atomic mass is 10.1. The maximum Gasteiger partial charge on any atom is 0.178 e. The van der Waals surface area contributed by atoms with Gasteiger partial charge in [-0.05, 0) is 12.8 Å². The van der Waals surface area contributed by atoms with E-state index in [0.29, 0.717) is 10.2 Å². The van der Waals surface area contributed by atoms with Crippen molar-refractivity contribution in [2.75, 3.05) is 0 Å². The van der Waals surface area contributed by atoms with E-state index in [1.165, 1.54) is 16.8 Å². The maximum absolute atomic E-state index is 10.1. The molecule has 0 saturated carbocycles. The average Bonchev–Trinajstić information content (AvgIpc) is 2.89. The summed E-state index contributed by atoms with van der Waals surface area (Å²) in [4.78, 5) is 4.00. The predicted octanol–water partition coefficient (Wildman–Crippen LogP) is 4.01. The van der Waals surface area contributed by atoms with Crippen molar-refractivity contribution in [2.24, 2.45) is 0 Å². The van der Waals surface area contributed by atoms with Crippen LogP contribution in [0.15, 0.2) is 11.6 Å². The van der Waals surface area contributed by atoms with Gasteiger partial charge in [0.2, 0.25) is 0 Å². The highest BCUT2D eigenvalue weighted by molar-refractivity contribution is 7.17. The third-order valence-corrected chi connectivity index (χ3v) is 3.83. The van der Waals surface area contributed by atoms with Crippen LogP contribution in [-0.2, 0) is 0 Å². The molecule has 0 fully saturated rings. The van der Waals surface area contributed by atoms with Crippen molar-refractivity contribution in [3.8, 4) is 17.2 Å². The van der Waals surface area contributed by atoms with E-state index in [4.69, 9.17) is 0 Å². The summed E-state index contributed by atoms with van der Waals surface area (Å²) in [6.07, 6.45) is 7.78. The van der Waals surface area contributed by atoms with E-state index in [-0.39, 0.29) is 22.8 Å². The molecule has 2 aromatic rings. The summed E-state index contributed by atoms with van der Waals surface area (Å²) in [5.41, 5.74) is 2.08. The van der Waals surface area contributed by atoms with E-state index < -0.39 is 0 Å². The summed E-state index contributed by atoms with van der Waals surface area (Å²) in [6, 6.07) is 0. The van der Waals surface area contributed by atoms with Crippen LogP contribution in [0.2, 0.25) is 0 Å². The lowest BCUT2D eigenvalue weighted by molar-refractivity contribution is 0.401. The zero-order chi connectivity index (χ0) is 13.8. The number of phenolic OH excluding ortho intramolecular Hbond substituents is 3. The average molecular weight is 279 g/mol. The quantitative estimate of drug-likeness (QED) is 0.439. The number of aromatic hydroxyl groups is 3. The number of nitrogens with zero attached hydrogens (tertiary/aromatic N) is 1. The van der Waals surface area contributed by atoms with Crippen LogP contribution in [0.5, 0.6) is 17.2 Å². The van der Waals surface area contributed by atoms with Crippen molar-refractivity contribution >= 4 is 27.6 Å². The topological polar surface area (TPSA) is 73.6 Å². The van der Waals surface area contributed by atoms with Crippen molar-refractivity contribution in [1.29, 1.82) is 0 Å². The second-order valence-electron chi connectivity index (χ2n) is 4.39. The SMILES string of the molecule is CCCCCC=Cc1c(O)c(O)c2scnc2c1O. The molecule has 0 unspecified atom stereocenters. The Hall–Kier alpha value is -1.75. The Labute approximate surface area is 115 Å². The second-order valence-corrected chi connectivity index (χ2v) is 5.24. The minimum atomic E-state index is -0.291. The van der Waals surface area contributed by atoms with Gasteiger partial charge in [-0.3, -0.25) is 0 Å². The molecule has 3 N–H and O–H groups in total. The van der Waals surface area contributed by atoms with Gasteiger partial charge in [-0.2, -0.15) is 0 Å². The number of unbranched alkanes of at least 4 members (excludes halogenated alkanes) is 3. The second kappa shape index (κ2) is 5.93. The Morgan fingerprint density at radius 1 is 1.16 bits per heavy atom. The first-order chi connectivity index (χ1) is 9.16. The fraction of sp³-hybridized carbons (Fsp3) is 0.357. The molecule has 19 heavy (non-hydrogen) atoms. The van der Waals surface area contributed by atoms with E-state index in [9.17, 15) is 15.3 Å². The molecule has 102 valence electrons. The van der Waals surface area contributed by atoms with E-state index in [0.717, 1.165) is 25.7 Å². The van der Waals surface area contributed by atoms with Gasteiger partial charge in [0.1, 0.15) is 10.2 Å². The van der Waals surface area contributed by atoms with Crippen molar-refractivity contribution in [1.82, 2.24) is 4.98 Å². The summed E-state index contributed by atoms with van der Waals surface area (Å²) in [5.74, 6) is -0.595. The molecule has 0 atom stereocenters. The molecule has 4 nitrogen and oxygen atoms in total. The molecule has 0 spiro atoms. The summed E-state index contributed by atoms with van der Waals surface area (Å²) in [7, 11) is 0. The van der Waals surface area contributed by atoms with Gasteiger partial charge in [0.05, 0.1) is 11.1 Å². The third kappa shape index (κ3) is 2.66. The summed E-state index contributed by atoms with van der Waals surface area (Å²) in [5, 5.41) is 29.9. The molecule has 0 saturated heterocycles. The third-order valence-electron chi connectivity index (χ3n) is 3.00. The van der Waals surface area contributed by atoms with Crippen LogP contribution in [-0.4, -0.2) is 20.3 Å². The number of allylic oxidation sites excluding steroid dienone is 1. The number of rotatable bonds is 5. The van der Waals surface area contributed by atoms with Gasteiger partial charge in [0.15, 0.2) is 17.2 Å². The highest BCUT2D eigenvalue weighted by Crippen LogP contribution is 2.45. The Kier molecular flexibility index (Phi) is 4.27. The van der Waals surface area contributed by atoms with Crippen LogP contribution in [0.4, 0.5) is 0 Å². The van der Waals surface area contributed by atoms with Crippen LogP contribution in [0, 0.1) is 0 Å². The number of fused-ring (bicyclic) bond motifs is 1. The van der Waals surface area contributed by atoms with Gasteiger partial charge >= 0.3 is 0 Å². The zero-order valence-corrected chi connectivity index (χ0v) is 11.6. The fourth-order valence-electron chi connectivity index (χ4n) is 1.93. The molecule has 1 aromatic heterocycles. The minimum Gasteiger partial charge on any atom is -0.505 e. The van der Waals surface area contributed by atoms with Crippen LogP contribution in [0.1, 0.15) is 38.2 Å². The molecule has 5 heteroatoms. The summed E-state index contributed by atoms with van der Waals surface area (Å²) < 4.78 is 0.401. The first-order valence-corrected chi connectivity index (χ1v) is 7.21. The molecule has 0 bridgehead atoms. The first-order valence-electron chi connectivity index (χ1n) is 6.33. The monoisotopic (exact) mass is 279 g/mol. The summed E-state index contributed by atoms with van der Waals surface area (Å²) >= 11 is 1.18. The van der Waals surface area contributed by atoms with E-state index in [1.807, 2.05) is 6.08 Å². The highest BCUT2D eigenvalue weighted by Gasteiger charge is 2.18. The van der Waals surface area contributed by atoms with Crippen LogP contribution >= 0.6 is 11.3 Å². The van der Waals surface area contributed by atoms with Gasteiger partial charge in [0, 0.05) is 0 Å². The van der Waals surface area contributed by atoms with Crippen molar-refractivity contribution in [3.63, 3.8) is 0 Å². The standard InChI is InChI=1S/C14H17NO3S/c1-2-3-4-5-6-7-9-11(16)10-14(19-8-15-10)13(18)12(9)17/h6-8,16-18H,2-5H2,1H3. The van der Waals surface area contributed by atoms with Gasteiger partial charge in [0.25, 0.3) is 0 Å². The van der Waals surface area contributed by atoms with Crippen LogP contribution in [0.3, 0.4) is 0 Å². The lowest BCUT2D eigenvalue weighted by Gasteiger charge is -2.06. The predicted molar refractivity (Wildman–Crippen MR) is 77.8 cm³/mol. The highest BCUT2D eigenvalue weighted by atomic mass is 32.1. The van der Waals surface area contributed by atoms with E-state index in [2.05, 4.69) is 11.9 Å². The number of phenols is 3. The van der Waals surface area contributed by atoms with E-state index in [1.54, 1.807) is 6.08 Å². The van der Waals surface area contributed by atoms with Gasteiger partial charge in [-0.1, -0.05) is 31.9 Å². The molecule has 1 aromatic carbocycles. The molecular weight excluding hydrogens is 262 g/mol. The van der Waals surface area contributed by atoms with Gasteiger partial charge < -0.3 is 15.3 Å². The molecule has 0 radical (unpaired) electrons. The molecule has 1 heterocycles. The Balaban J connectivity index is 2.32. The summed E-state index contributed by atoms with van der Waals surface area (Å²) in [6.45, 7) is 2.13. The lowest BCUT2D eigenvalue weighted by Crippen LogP contribution is -1.82. The maximum atomic E-state index is 10.1. The number of hydrogen-bond acceptors (Lipinski definition) is 5. The van der Waals surface area contributed by atoms with Gasteiger partial charge in [-0.15, -0.1) is 11.3 Å². The smallest absolute Gasteiger partial charge is 0.178 e. The normalized spacial score (nSPS) is 11.6.